The van der Waals surface area contributed by atoms with Crippen LogP contribution in [0.2, 0.25) is 0 Å². The van der Waals surface area contributed by atoms with Gasteiger partial charge in [0.05, 0.1) is 18.1 Å². The lowest BCUT2D eigenvalue weighted by molar-refractivity contribution is -0.116. The van der Waals surface area contributed by atoms with E-state index in [1.165, 1.54) is 30.5 Å². The first kappa shape index (κ1) is 31.0. The topological polar surface area (TPSA) is 83.6 Å². The minimum atomic E-state index is -0.810. The fraction of sp³-hybridized carbons (Fsp3) is 0.387. The largest absolute Gasteiger partial charge is 0.444 e. The smallest absolute Gasteiger partial charge is 0.410 e. The molecule has 1 aliphatic rings. The Morgan fingerprint density at radius 2 is 1.71 bits per heavy atom. The average Bonchev–Trinajstić information content (AvgIpc) is 2.91. The maximum absolute atomic E-state index is 14.9. The number of carbonyl (C=O) groups is 2. The molecular formula is C31H34F4N4O3. The van der Waals surface area contributed by atoms with Gasteiger partial charge in [-0.2, -0.15) is 0 Å². The number of piperazine rings is 1. The van der Waals surface area contributed by atoms with E-state index in [9.17, 15) is 27.2 Å². The molecule has 11 heteroatoms. The van der Waals surface area contributed by atoms with E-state index in [1.807, 2.05) is 0 Å². The zero-order valence-electron chi connectivity index (χ0n) is 23.7. The molecule has 42 heavy (non-hydrogen) atoms. The standard InChI is InChI=1S/C31H34F4N4O3/c1-31(2,3)42-30(41)39-11-10-37-24(18-39)8-9-25-27(35)16-36-17-28(25)38-29(40)15-26(19-4-6-21(32)7-5-19)20-12-22(33)14-23(34)13-20/h4-7,12-14,16-17,24,26,37H,8-11,15,18H2,1-3H3,(H,38,40)/t24-,26-/m0/s1. The van der Waals surface area contributed by atoms with Crippen LogP contribution < -0.4 is 10.6 Å². The van der Waals surface area contributed by atoms with Crippen LogP contribution in [-0.4, -0.2) is 53.2 Å². The molecule has 1 aromatic heterocycles. The molecular weight excluding hydrogens is 552 g/mol. The maximum Gasteiger partial charge on any atom is 0.410 e. The minimum Gasteiger partial charge on any atom is -0.444 e. The minimum absolute atomic E-state index is 0.131. The predicted octanol–water partition coefficient (Wildman–Crippen LogP) is 5.94. The Balaban J connectivity index is 1.47. The number of anilines is 1. The molecule has 0 aliphatic carbocycles. The zero-order chi connectivity index (χ0) is 30.4. The van der Waals surface area contributed by atoms with E-state index >= 15 is 0 Å². The monoisotopic (exact) mass is 586 g/mol. The molecule has 0 unspecified atom stereocenters. The number of nitrogens with zero attached hydrogens (tertiary/aromatic N) is 2. The van der Waals surface area contributed by atoms with Gasteiger partial charge in [-0.1, -0.05) is 12.1 Å². The highest BCUT2D eigenvalue weighted by molar-refractivity contribution is 5.92. The van der Waals surface area contributed by atoms with Crippen LogP contribution in [0.4, 0.5) is 28.0 Å². The van der Waals surface area contributed by atoms with Crippen LogP contribution in [0.15, 0.2) is 54.9 Å². The van der Waals surface area contributed by atoms with Crippen molar-refractivity contribution in [3.05, 3.63) is 94.8 Å². The maximum atomic E-state index is 14.9. The summed E-state index contributed by atoms with van der Waals surface area (Å²) in [6.45, 7) is 6.81. The predicted molar refractivity (Wildman–Crippen MR) is 150 cm³/mol. The summed E-state index contributed by atoms with van der Waals surface area (Å²) in [6.07, 6.45) is 2.44. The van der Waals surface area contributed by atoms with E-state index in [0.717, 1.165) is 24.4 Å². The number of hydrogen-bond donors (Lipinski definition) is 2. The number of rotatable bonds is 8. The van der Waals surface area contributed by atoms with Gasteiger partial charge >= 0.3 is 6.09 Å². The molecule has 2 aromatic carbocycles. The Hall–Kier alpha value is -3.99. The summed E-state index contributed by atoms with van der Waals surface area (Å²) in [6, 6.07) is 8.14. The van der Waals surface area contributed by atoms with Crippen LogP contribution in [0.25, 0.3) is 0 Å². The molecule has 0 saturated carbocycles. The first-order valence-electron chi connectivity index (χ1n) is 13.7. The Labute approximate surface area is 242 Å². The summed E-state index contributed by atoms with van der Waals surface area (Å²) in [5, 5.41) is 6.02. The molecule has 1 saturated heterocycles. The number of pyridine rings is 1. The van der Waals surface area contributed by atoms with Gasteiger partial charge in [-0.15, -0.1) is 0 Å². The highest BCUT2D eigenvalue weighted by atomic mass is 19.1. The van der Waals surface area contributed by atoms with Gasteiger partial charge in [-0.05, 0) is 69.0 Å². The van der Waals surface area contributed by atoms with Crippen LogP contribution in [0.1, 0.15) is 56.2 Å². The van der Waals surface area contributed by atoms with Crippen molar-refractivity contribution in [3.8, 4) is 0 Å². The van der Waals surface area contributed by atoms with E-state index < -0.39 is 46.8 Å². The molecule has 0 spiro atoms. The number of benzene rings is 2. The van der Waals surface area contributed by atoms with Crippen LogP contribution in [0.5, 0.6) is 0 Å². The molecule has 0 bridgehead atoms. The highest BCUT2D eigenvalue weighted by Crippen LogP contribution is 2.31. The number of amides is 2. The Bertz CT molecular complexity index is 1390. The molecule has 2 atom stereocenters. The normalized spacial score (nSPS) is 16.2. The summed E-state index contributed by atoms with van der Waals surface area (Å²) >= 11 is 0. The van der Waals surface area contributed by atoms with Crippen molar-refractivity contribution in [2.75, 3.05) is 25.0 Å². The van der Waals surface area contributed by atoms with Gasteiger partial charge in [0.25, 0.3) is 0 Å². The molecule has 2 amide bonds. The molecule has 1 fully saturated rings. The summed E-state index contributed by atoms with van der Waals surface area (Å²) in [7, 11) is 0. The summed E-state index contributed by atoms with van der Waals surface area (Å²) in [5.41, 5.74) is 0.466. The van der Waals surface area contributed by atoms with Crippen molar-refractivity contribution >= 4 is 17.7 Å². The van der Waals surface area contributed by atoms with E-state index in [-0.39, 0.29) is 35.7 Å². The number of halogens is 4. The van der Waals surface area contributed by atoms with Gasteiger partial charge in [-0.3, -0.25) is 9.78 Å². The molecule has 1 aliphatic heterocycles. The van der Waals surface area contributed by atoms with Crippen molar-refractivity contribution in [1.29, 1.82) is 0 Å². The molecule has 3 aromatic rings. The molecule has 224 valence electrons. The van der Waals surface area contributed by atoms with Gasteiger partial charge in [0.15, 0.2) is 0 Å². The van der Waals surface area contributed by atoms with Gasteiger partial charge in [0.2, 0.25) is 5.91 Å². The molecule has 2 N–H and O–H groups in total. The highest BCUT2D eigenvalue weighted by Gasteiger charge is 2.28. The van der Waals surface area contributed by atoms with E-state index in [0.29, 0.717) is 31.6 Å². The SMILES string of the molecule is CC(C)(C)OC(=O)N1CCN[C@@H](CCc2c(F)cncc2NC(=O)C[C@@H](c2ccc(F)cc2)c2cc(F)cc(F)c2)C1. The number of hydrogen-bond acceptors (Lipinski definition) is 5. The van der Waals surface area contributed by atoms with E-state index in [1.54, 1.807) is 25.7 Å². The number of nitrogens with one attached hydrogen (secondary N) is 2. The lowest BCUT2D eigenvalue weighted by Crippen LogP contribution is -2.53. The van der Waals surface area contributed by atoms with Crippen molar-refractivity contribution < 1.29 is 31.9 Å². The van der Waals surface area contributed by atoms with Crippen LogP contribution >= 0.6 is 0 Å². The lowest BCUT2D eigenvalue weighted by Gasteiger charge is -2.35. The number of carbonyl (C=O) groups excluding carboxylic acids is 2. The van der Waals surface area contributed by atoms with Crippen molar-refractivity contribution in [1.82, 2.24) is 15.2 Å². The Morgan fingerprint density at radius 1 is 1.02 bits per heavy atom. The van der Waals surface area contributed by atoms with E-state index in [4.69, 9.17) is 4.74 Å². The molecule has 7 nitrogen and oxygen atoms in total. The van der Waals surface area contributed by atoms with Crippen molar-refractivity contribution in [3.63, 3.8) is 0 Å². The van der Waals surface area contributed by atoms with Crippen molar-refractivity contribution in [2.45, 2.75) is 57.6 Å². The zero-order valence-corrected chi connectivity index (χ0v) is 23.7. The fourth-order valence-electron chi connectivity index (χ4n) is 4.94. The Kier molecular flexibility index (Phi) is 9.82. The third-order valence-electron chi connectivity index (χ3n) is 6.88. The summed E-state index contributed by atoms with van der Waals surface area (Å²) in [4.78, 5) is 31.2. The fourth-order valence-corrected chi connectivity index (χ4v) is 4.94. The van der Waals surface area contributed by atoms with Gasteiger partial charge in [0, 0.05) is 49.6 Å². The van der Waals surface area contributed by atoms with Gasteiger partial charge < -0.3 is 20.3 Å². The van der Waals surface area contributed by atoms with Crippen molar-refractivity contribution in [2.24, 2.45) is 0 Å². The lowest BCUT2D eigenvalue weighted by atomic mass is 9.88. The first-order chi connectivity index (χ1) is 19.9. The second kappa shape index (κ2) is 13.3. The van der Waals surface area contributed by atoms with Gasteiger partial charge in [0.1, 0.15) is 28.9 Å². The van der Waals surface area contributed by atoms with Gasteiger partial charge in [-0.25, -0.2) is 22.4 Å². The number of ether oxygens (including phenoxy) is 1. The third-order valence-corrected chi connectivity index (χ3v) is 6.88. The van der Waals surface area contributed by atoms with Crippen LogP contribution in [0, 0.1) is 23.3 Å². The number of aromatic nitrogens is 1. The Morgan fingerprint density at radius 3 is 2.38 bits per heavy atom. The molecule has 2 heterocycles. The second-order valence-corrected chi connectivity index (χ2v) is 11.3. The average molecular weight is 587 g/mol. The summed E-state index contributed by atoms with van der Waals surface area (Å²) < 4.78 is 62.1. The van der Waals surface area contributed by atoms with E-state index in [2.05, 4.69) is 15.6 Å². The van der Waals surface area contributed by atoms with Crippen LogP contribution in [-0.2, 0) is 16.0 Å². The second-order valence-electron chi connectivity index (χ2n) is 11.3. The quantitative estimate of drug-likeness (QED) is 0.319. The van der Waals surface area contributed by atoms with Crippen LogP contribution in [0.3, 0.4) is 0 Å². The molecule has 0 radical (unpaired) electrons. The molecule has 4 rings (SSSR count). The third kappa shape index (κ3) is 8.51. The first-order valence-corrected chi connectivity index (χ1v) is 13.7. The summed E-state index contributed by atoms with van der Waals surface area (Å²) in [5.74, 6) is -4.06.